The number of aryl methyl sites for hydroxylation is 1. The Kier molecular flexibility index (Phi) is 3.52. The molecule has 0 atom stereocenters. The van der Waals surface area contributed by atoms with Crippen LogP contribution in [0.1, 0.15) is 30.0 Å². The maximum Gasteiger partial charge on any atom is 0.254 e. The number of rotatable bonds is 4. The van der Waals surface area contributed by atoms with E-state index in [1.807, 2.05) is 13.8 Å². The zero-order valence-corrected chi connectivity index (χ0v) is 9.46. The predicted molar refractivity (Wildman–Crippen MR) is 58.6 cm³/mol. The topological polar surface area (TPSA) is 68.3 Å². The lowest BCUT2D eigenvalue weighted by atomic mass is 9.94. The summed E-state index contributed by atoms with van der Waals surface area (Å²) in [4.78, 5) is 11.7. The van der Waals surface area contributed by atoms with Crippen molar-refractivity contribution in [3.8, 4) is 0 Å². The van der Waals surface area contributed by atoms with Gasteiger partial charge in [0.1, 0.15) is 5.76 Å². The summed E-state index contributed by atoms with van der Waals surface area (Å²) in [6.07, 6.45) is 1.51. The second kappa shape index (κ2) is 4.49. The Morgan fingerprint density at radius 3 is 2.73 bits per heavy atom. The summed E-state index contributed by atoms with van der Waals surface area (Å²) in [5.41, 5.74) is 6.08. The minimum Gasteiger partial charge on any atom is -0.469 e. The summed E-state index contributed by atoms with van der Waals surface area (Å²) in [5.74, 6) is 0.529. The molecule has 3 N–H and O–H groups in total. The molecule has 0 aliphatic rings. The van der Waals surface area contributed by atoms with Crippen molar-refractivity contribution in [2.24, 2.45) is 11.1 Å². The van der Waals surface area contributed by atoms with Gasteiger partial charge in [-0.2, -0.15) is 0 Å². The molecule has 1 amide bonds. The van der Waals surface area contributed by atoms with Crippen LogP contribution >= 0.6 is 0 Å². The highest BCUT2D eigenvalue weighted by atomic mass is 16.3. The van der Waals surface area contributed by atoms with E-state index in [1.165, 1.54) is 6.26 Å². The first-order valence-corrected chi connectivity index (χ1v) is 4.98. The van der Waals surface area contributed by atoms with Gasteiger partial charge in [-0.05, 0) is 24.9 Å². The molecular formula is C11H18N2O2. The molecule has 84 valence electrons. The smallest absolute Gasteiger partial charge is 0.254 e. The molecule has 1 aromatic heterocycles. The molecule has 1 heterocycles. The van der Waals surface area contributed by atoms with Crippen molar-refractivity contribution >= 4 is 5.91 Å². The molecular weight excluding hydrogens is 192 g/mol. The van der Waals surface area contributed by atoms with E-state index in [1.54, 1.807) is 13.0 Å². The lowest BCUT2D eigenvalue weighted by molar-refractivity contribution is 0.0936. The molecule has 0 aliphatic heterocycles. The van der Waals surface area contributed by atoms with Crippen molar-refractivity contribution in [1.29, 1.82) is 0 Å². The second-order valence-electron chi connectivity index (χ2n) is 4.44. The fourth-order valence-electron chi connectivity index (χ4n) is 1.11. The van der Waals surface area contributed by atoms with E-state index in [2.05, 4.69) is 5.32 Å². The van der Waals surface area contributed by atoms with E-state index in [4.69, 9.17) is 10.2 Å². The Labute approximate surface area is 89.8 Å². The maximum absolute atomic E-state index is 11.7. The van der Waals surface area contributed by atoms with Crippen LogP contribution < -0.4 is 11.1 Å². The Bertz CT molecular complexity index is 342. The van der Waals surface area contributed by atoms with Crippen molar-refractivity contribution in [2.75, 3.05) is 13.1 Å². The van der Waals surface area contributed by atoms with Crippen LogP contribution in [0.4, 0.5) is 0 Å². The first-order valence-electron chi connectivity index (χ1n) is 4.98. The standard InChI is InChI=1S/C11H18N2O2/c1-8-9(4-5-15-8)10(14)13-7-11(2,3)6-12/h4-5H,6-7,12H2,1-3H3,(H,13,14). The van der Waals surface area contributed by atoms with Gasteiger partial charge in [0.25, 0.3) is 5.91 Å². The Balaban J connectivity index is 2.55. The van der Waals surface area contributed by atoms with Gasteiger partial charge < -0.3 is 15.5 Å². The third-order valence-corrected chi connectivity index (χ3v) is 2.38. The lowest BCUT2D eigenvalue weighted by Crippen LogP contribution is -2.38. The molecule has 1 rings (SSSR count). The Morgan fingerprint density at radius 1 is 1.60 bits per heavy atom. The molecule has 0 aromatic carbocycles. The quantitative estimate of drug-likeness (QED) is 0.787. The summed E-state index contributed by atoms with van der Waals surface area (Å²) in [7, 11) is 0. The number of hydrogen-bond donors (Lipinski definition) is 2. The van der Waals surface area contributed by atoms with Gasteiger partial charge in [0, 0.05) is 6.54 Å². The number of amides is 1. The monoisotopic (exact) mass is 210 g/mol. The number of carbonyl (C=O) groups excluding carboxylic acids is 1. The first-order chi connectivity index (χ1) is 6.96. The van der Waals surface area contributed by atoms with Crippen LogP contribution in [0.15, 0.2) is 16.7 Å². The molecule has 4 heteroatoms. The molecule has 0 unspecified atom stereocenters. The van der Waals surface area contributed by atoms with Gasteiger partial charge >= 0.3 is 0 Å². The summed E-state index contributed by atoms with van der Waals surface area (Å²) in [5, 5.41) is 2.84. The lowest BCUT2D eigenvalue weighted by Gasteiger charge is -2.22. The van der Waals surface area contributed by atoms with Crippen LogP contribution in [0, 0.1) is 12.3 Å². The van der Waals surface area contributed by atoms with E-state index in [0.29, 0.717) is 24.4 Å². The fourth-order valence-corrected chi connectivity index (χ4v) is 1.11. The fraction of sp³-hybridized carbons (Fsp3) is 0.545. The van der Waals surface area contributed by atoms with E-state index >= 15 is 0 Å². The third-order valence-electron chi connectivity index (χ3n) is 2.38. The SMILES string of the molecule is Cc1occc1C(=O)NCC(C)(C)CN. The molecule has 15 heavy (non-hydrogen) atoms. The van der Waals surface area contributed by atoms with Crippen LogP contribution in [0.2, 0.25) is 0 Å². The predicted octanol–water partition coefficient (Wildman–Crippen LogP) is 1.30. The molecule has 0 saturated carbocycles. The minimum atomic E-state index is -0.109. The zero-order valence-electron chi connectivity index (χ0n) is 9.46. The van der Waals surface area contributed by atoms with Gasteiger partial charge in [-0.3, -0.25) is 4.79 Å². The number of nitrogens with one attached hydrogen (secondary N) is 1. The average molecular weight is 210 g/mol. The van der Waals surface area contributed by atoms with E-state index < -0.39 is 0 Å². The Morgan fingerprint density at radius 2 is 2.27 bits per heavy atom. The van der Waals surface area contributed by atoms with E-state index in [-0.39, 0.29) is 11.3 Å². The van der Waals surface area contributed by atoms with Crippen molar-refractivity contribution < 1.29 is 9.21 Å². The largest absolute Gasteiger partial charge is 0.469 e. The molecule has 0 spiro atoms. The third kappa shape index (κ3) is 3.09. The highest BCUT2D eigenvalue weighted by Gasteiger charge is 2.18. The second-order valence-corrected chi connectivity index (χ2v) is 4.44. The number of hydrogen-bond acceptors (Lipinski definition) is 3. The summed E-state index contributed by atoms with van der Waals surface area (Å²) in [6.45, 7) is 6.89. The molecule has 0 fully saturated rings. The molecule has 1 aromatic rings. The number of carbonyl (C=O) groups is 1. The zero-order chi connectivity index (χ0) is 11.5. The summed E-state index contributed by atoms with van der Waals surface area (Å²) in [6, 6.07) is 1.67. The van der Waals surface area contributed by atoms with Crippen molar-refractivity contribution in [3.05, 3.63) is 23.7 Å². The average Bonchev–Trinajstić information content (AvgIpc) is 2.61. The highest BCUT2D eigenvalue weighted by molar-refractivity contribution is 5.95. The molecule has 4 nitrogen and oxygen atoms in total. The highest BCUT2D eigenvalue weighted by Crippen LogP contribution is 2.12. The van der Waals surface area contributed by atoms with Crippen LogP contribution in [0.5, 0.6) is 0 Å². The number of furan rings is 1. The van der Waals surface area contributed by atoms with Crippen LogP contribution in [-0.2, 0) is 0 Å². The summed E-state index contributed by atoms with van der Waals surface area (Å²) >= 11 is 0. The molecule has 0 saturated heterocycles. The van der Waals surface area contributed by atoms with Crippen molar-refractivity contribution in [2.45, 2.75) is 20.8 Å². The van der Waals surface area contributed by atoms with Crippen LogP contribution in [0.3, 0.4) is 0 Å². The molecule has 0 bridgehead atoms. The van der Waals surface area contributed by atoms with E-state index in [9.17, 15) is 4.79 Å². The van der Waals surface area contributed by atoms with Crippen molar-refractivity contribution in [1.82, 2.24) is 5.32 Å². The minimum absolute atomic E-state index is 0.0761. The molecule has 0 radical (unpaired) electrons. The van der Waals surface area contributed by atoms with Gasteiger partial charge in [0.05, 0.1) is 11.8 Å². The van der Waals surface area contributed by atoms with Gasteiger partial charge in [0.2, 0.25) is 0 Å². The van der Waals surface area contributed by atoms with Crippen molar-refractivity contribution in [3.63, 3.8) is 0 Å². The van der Waals surface area contributed by atoms with Gasteiger partial charge in [-0.1, -0.05) is 13.8 Å². The Hall–Kier alpha value is -1.29. The number of nitrogens with two attached hydrogens (primary N) is 1. The van der Waals surface area contributed by atoms with Gasteiger partial charge in [-0.25, -0.2) is 0 Å². The first kappa shape index (κ1) is 11.8. The van der Waals surface area contributed by atoms with Crippen LogP contribution in [-0.4, -0.2) is 19.0 Å². The van der Waals surface area contributed by atoms with Crippen LogP contribution in [0.25, 0.3) is 0 Å². The molecule has 0 aliphatic carbocycles. The van der Waals surface area contributed by atoms with Gasteiger partial charge in [0.15, 0.2) is 0 Å². The maximum atomic E-state index is 11.7. The summed E-state index contributed by atoms with van der Waals surface area (Å²) < 4.78 is 5.06. The normalized spacial score (nSPS) is 11.5. The van der Waals surface area contributed by atoms with Gasteiger partial charge in [-0.15, -0.1) is 0 Å². The van der Waals surface area contributed by atoms with E-state index in [0.717, 1.165) is 0 Å².